The topological polar surface area (TPSA) is 12.0 Å². The molecule has 1 nitrogen and oxygen atoms in total. The highest BCUT2D eigenvalue weighted by atomic mass is 32.2. The molecule has 0 aliphatic carbocycles. The first kappa shape index (κ1) is 17.2. The molecule has 3 heteroatoms. The van der Waals surface area contributed by atoms with E-state index in [0.29, 0.717) is 0 Å². The van der Waals surface area contributed by atoms with E-state index in [2.05, 4.69) is 50.0 Å². The summed E-state index contributed by atoms with van der Waals surface area (Å²) in [7, 11) is 1.96. The number of benzene rings is 1. The van der Waals surface area contributed by atoms with Crippen molar-refractivity contribution in [3.63, 3.8) is 0 Å². The standard InChI is InChI=1S/C17H23NS2/c1-6-14(7-2)16(19)20-17(3,4)15-10-8-13(9-11-15)12-18-5/h6-11,18H,1,12H2,2-5H3/b14-7+. The van der Waals surface area contributed by atoms with E-state index in [4.69, 9.17) is 12.2 Å². The molecule has 0 atom stereocenters. The van der Waals surface area contributed by atoms with E-state index in [1.54, 1.807) is 11.8 Å². The molecule has 0 aromatic heterocycles. The second-order valence-electron chi connectivity index (χ2n) is 5.08. The Kier molecular flexibility index (Phi) is 6.66. The largest absolute Gasteiger partial charge is 0.316 e. The first-order valence-electron chi connectivity index (χ1n) is 6.70. The minimum Gasteiger partial charge on any atom is -0.316 e. The zero-order valence-electron chi connectivity index (χ0n) is 12.7. The molecular formula is C17H23NS2. The molecule has 0 aliphatic heterocycles. The summed E-state index contributed by atoms with van der Waals surface area (Å²) in [4.78, 5) is 0. The van der Waals surface area contributed by atoms with Crippen LogP contribution in [0.15, 0.2) is 48.6 Å². The molecule has 0 aliphatic rings. The molecule has 0 radical (unpaired) electrons. The molecule has 108 valence electrons. The summed E-state index contributed by atoms with van der Waals surface area (Å²) in [6.45, 7) is 11.1. The lowest BCUT2D eigenvalue weighted by molar-refractivity contribution is 0.781. The maximum Gasteiger partial charge on any atom is 0.0783 e. The summed E-state index contributed by atoms with van der Waals surface area (Å²) < 4.78 is 0.846. The van der Waals surface area contributed by atoms with Crippen molar-refractivity contribution in [2.45, 2.75) is 32.1 Å². The van der Waals surface area contributed by atoms with Gasteiger partial charge in [-0.25, -0.2) is 0 Å². The van der Waals surface area contributed by atoms with Crippen LogP contribution in [0.4, 0.5) is 0 Å². The fourth-order valence-electron chi connectivity index (χ4n) is 1.90. The number of nitrogens with one attached hydrogen (secondary N) is 1. The lowest BCUT2D eigenvalue weighted by Crippen LogP contribution is -2.15. The molecule has 1 aromatic rings. The molecule has 0 saturated heterocycles. The van der Waals surface area contributed by atoms with Crippen LogP contribution in [0, 0.1) is 0 Å². The van der Waals surface area contributed by atoms with Crippen LogP contribution >= 0.6 is 24.0 Å². The highest BCUT2D eigenvalue weighted by molar-refractivity contribution is 8.24. The third-order valence-corrected chi connectivity index (χ3v) is 4.80. The van der Waals surface area contributed by atoms with Gasteiger partial charge in [0.05, 0.1) is 4.20 Å². The number of allylic oxidation sites excluding steroid dienone is 2. The Hall–Kier alpha value is -0.900. The summed E-state index contributed by atoms with van der Waals surface area (Å²) in [5, 5.41) is 3.16. The Morgan fingerprint density at radius 1 is 1.35 bits per heavy atom. The minimum absolute atomic E-state index is 0.0491. The van der Waals surface area contributed by atoms with Gasteiger partial charge in [-0.3, -0.25) is 0 Å². The van der Waals surface area contributed by atoms with Crippen LogP contribution in [0.2, 0.25) is 0 Å². The third kappa shape index (κ3) is 4.58. The number of thioether (sulfide) groups is 1. The van der Waals surface area contributed by atoms with Gasteiger partial charge in [-0.1, -0.05) is 55.2 Å². The van der Waals surface area contributed by atoms with Crippen molar-refractivity contribution < 1.29 is 0 Å². The molecule has 0 spiro atoms. The summed E-state index contributed by atoms with van der Waals surface area (Å²) in [6, 6.07) is 8.71. The van der Waals surface area contributed by atoms with Crippen molar-refractivity contribution >= 4 is 28.2 Å². The molecule has 0 saturated carbocycles. The summed E-state index contributed by atoms with van der Waals surface area (Å²) in [6.07, 6.45) is 3.83. The van der Waals surface area contributed by atoms with Crippen molar-refractivity contribution in [1.29, 1.82) is 0 Å². The average Bonchev–Trinajstić information content (AvgIpc) is 2.40. The molecular weight excluding hydrogens is 282 g/mol. The predicted molar refractivity (Wildman–Crippen MR) is 96.4 cm³/mol. The maximum atomic E-state index is 5.50. The highest BCUT2D eigenvalue weighted by Gasteiger charge is 2.23. The highest BCUT2D eigenvalue weighted by Crippen LogP contribution is 2.38. The number of thiocarbonyl (C=S) groups is 1. The monoisotopic (exact) mass is 305 g/mol. The van der Waals surface area contributed by atoms with Gasteiger partial charge in [-0.05, 0) is 44.5 Å². The second kappa shape index (κ2) is 7.77. The molecule has 0 bridgehead atoms. The van der Waals surface area contributed by atoms with Crippen LogP contribution in [0.25, 0.3) is 0 Å². The fourth-order valence-corrected chi connectivity index (χ4v) is 3.76. The van der Waals surface area contributed by atoms with Crippen LogP contribution in [0.5, 0.6) is 0 Å². The first-order valence-corrected chi connectivity index (χ1v) is 7.93. The number of rotatable bonds is 6. The van der Waals surface area contributed by atoms with Gasteiger partial charge in [-0.15, -0.1) is 11.8 Å². The molecule has 0 fully saturated rings. The normalized spacial score (nSPS) is 12.3. The van der Waals surface area contributed by atoms with Gasteiger partial charge in [0.25, 0.3) is 0 Å². The zero-order chi connectivity index (χ0) is 15.2. The van der Waals surface area contributed by atoms with Crippen molar-refractivity contribution in [3.05, 3.63) is 59.7 Å². The van der Waals surface area contributed by atoms with Crippen LogP contribution in [0.3, 0.4) is 0 Å². The third-order valence-electron chi connectivity index (χ3n) is 3.14. The van der Waals surface area contributed by atoms with Gasteiger partial charge in [0.2, 0.25) is 0 Å². The molecule has 0 heterocycles. The van der Waals surface area contributed by atoms with E-state index in [1.165, 1.54) is 11.1 Å². The van der Waals surface area contributed by atoms with Crippen LogP contribution < -0.4 is 5.32 Å². The van der Waals surface area contributed by atoms with Crippen molar-refractivity contribution in [1.82, 2.24) is 5.32 Å². The second-order valence-corrected chi connectivity index (χ2v) is 7.37. The molecule has 1 aromatic carbocycles. The Morgan fingerprint density at radius 2 is 1.95 bits per heavy atom. The molecule has 1 N–H and O–H groups in total. The van der Waals surface area contributed by atoms with E-state index in [9.17, 15) is 0 Å². The molecule has 20 heavy (non-hydrogen) atoms. The van der Waals surface area contributed by atoms with Crippen LogP contribution in [-0.4, -0.2) is 11.2 Å². The molecule has 0 amide bonds. The number of hydrogen-bond donors (Lipinski definition) is 1. The van der Waals surface area contributed by atoms with E-state index in [1.807, 2.05) is 26.1 Å². The van der Waals surface area contributed by atoms with Gasteiger partial charge < -0.3 is 5.32 Å². The Balaban J connectivity index is 2.87. The van der Waals surface area contributed by atoms with E-state index >= 15 is 0 Å². The Bertz CT molecular complexity index is 498. The Labute approximate surface area is 132 Å². The van der Waals surface area contributed by atoms with Crippen molar-refractivity contribution in [2.24, 2.45) is 0 Å². The Morgan fingerprint density at radius 3 is 2.40 bits per heavy atom. The quantitative estimate of drug-likeness (QED) is 0.459. The lowest BCUT2D eigenvalue weighted by Gasteiger charge is -2.25. The minimum atomic E-state index is -0.0491. The van der Waals surface area contributed by atoms with Crippen molar-refractivity contribution in [2.75, 3.05) is 7.05 Å². The smallest absolute Gasteiger partial charge is 0.0783 e. The van der Waals surface area contributed by atoms with E-state index in [-0.39, 0.29) is 4.75 Å². The summed E-state index contributed by atoms with van der Waals surface area (Å²) in [5.41, 5.74) is 3.61. The average molecular weight is 306 g/mol. The fraction of sp³-hybridized carbons (Fsp3) is 0.353. The number of hydrogen-bond acceptors (Lipinski definition) is 3. The SMILES string of the molecule is C=C/C(=C\C)C(=S)SC(C)(C)c1ccc(CNC)cc1. The summed E-state index contributed by atoms with van der Waals surface area (Å²) in [5.74, 6) is 0. The van der Waals surface area contributed by atoms with E-state index < -0.39 is 0 Å². The van der Waals surface area contributed by atoms with Crippen LogP contribution in [0.1, 0.15) is 31.9 Å². The molecule has 1 rings (SSSR count). The predicted octanol–water partition coefficient (Wildman–Crippen LogP) is 4.83. The van der Waals surface area contributed by atoms with Crippen LogP contribution in [-0.2, 0) is 11.3 Å². The first-order chi connectivity index (χ1) is 9.44. The lowest BCUT2D eigenvalue weighted by atomic mass is 10.0. The maximum absolute atomic E-state index is 5.50. The van der Waals surface area contributed by atoms with Gasteiger partial charge in [0.1, 0.15) is 0 Å². The zero-order valence-corrected chi connectivity index (χ0v) is 14.3. The van der Waals surface area contributed by atoms with Gasteiger partial charge in [0, 0.05) is 11.3 Å². The van der Waals surface area contributed by atoms with Gasteiger partial charge in [0.15, 0.2) is 0 Å². The van der Waals surface area contributed by atoms with Gasteiger partial charge in [-0.2, -0.15) is 0 Å². The van der Waals surface area contributed by atoms with Gasteiger partial charge >= 0.3 is 0 Å². The summed E-state index contributed by atoms with van der Waals surface area (Å²) >= 11 is 7.21. The van der Waals surface area contributed by atoms with E-state index in [0.717, 1.165) is 16.3 Å². The molecule has 0 unspecified atom stereocenters. The van der Waals surface area contributed by atoms with Crippen molar-refractivity contribution in [3.8, 4) is 0 Å².